The van der Waals surface area contributed by atoms with Crippen LogP contribution in [0.2, 0.25) is 0 Å². The maximum Gasteiger partial charge on any atom is 0.222 e. The summed E-state index contributed by atoms with van der Waals surface area (Å²) in [5.41, 5.74) is 2.68. The number of amides is 1. The highest BCUT2D eigenvalue weighted by Crippen LogP contribution is 2.36. The molecule has 1 heterocycles. The van der Waals surface area contributed by atoms with Crippen LogP contribution < -0.4 is 4.74 Å². The van der Waals surface area contributed by atoms with Crippen molar-refractivity contribution in [2.24, 2.45) is 0 Å². The van der Waals surface area contributed by atoms with Crippen LogP contribution in [0.4, 0.5) is 0 Å². The van der Waals surface area contributed by atoms with E-state index in [1.54, 1.807) is 7.11 Å². The summed E-state index contributed by atoms with van der Waals surface area (Å²) in [4.78, 5) is 16.9. The van der Waals surface area contributed by atoms with Gasteiger partial charge in [-0.25, -0.2) is 0 Å². The molecular formula is C20H30N2O3. The number of carbonyl (C=O) groups is 1. The van der Waals surface area contributed by atoms with Gasteiger partial charge >= 0.3 is 0 Å². The molecule has 2 aliphatic rings. The largest absolute Gasteiger partial charge is 0.497 e. The highest BCUT2D eigenvalue weighted by Gasteiger charge is 2.24. The summed E-state index contributed by atoms with van der Waals surface area (Å²) in [5, 5.41) is 0. The smallest absolute Gasteiger partial charge is 0.222 e. The van der Waals surface area contributed by atoms with Crippen molar-refractivity contribution in [1.82, 2.24) is 9.80 Å². The Kier molecular flexibility index (Phi) is 6.32. The Bertz CT molecular complexity index is 584. The lowest BCUT2D eigenvalue weighted by molar-refractivity contribution is -0.130. The lowest BCUT2D eigenvalue weighted by Gasteiger charge is -2.30. The zero-order valence-corrected chi connectivity index (χ0v) is 15.5. The van der Waals surface area contributed by atoms with Gasteiger partial charge in [-0.2, -0.15) is 0 Å². The van der Waals surface area contributed by atoms with E-state index >= 15 is 0 Å². The summed E-state index contributed by atoms with van der Waals surface area (Å²) in [6.07, 6.45) is 3.95. The summed E-state index contributed by atoms with van der Waals surface area (Å²) >= 11 is 0. The molecule has 1 aliphatic carbocycles. The minimum Gasteiger partial charge on any atom is -0.497 e. The number of benzene rings is 1. The van der Waals surface area contributed by atoms with Crippen molar-refractivity contribution in [2.75, 3.05) is 53.6 Å². The molecule has 1 aliphatic heterocycles. The summed E-state index contributed by atoms with van der Waals surface area (Å²) < 4.78 is 10.7. The van der Waals surface area contributed by atoms with Crippen molar-refractivity contribution in [3.05, 3.63) is 29.3 Å². The highest BCUT2D eigenvalue weighted by atomic mass is 16.5. The number of hydrogen-bond acceptors (Lipinski definition) is 4. The van der Waals surface area contributed by atoms with Gasteiger partial charge in [0.15, 0.2) is 0 Å². The molecule has 0 N–H and O–H groups in total. The molecule has 0 bridgehead atoms. The molecule has 1 saturated heterocycles. The van der Waals surface area contributed by atoms with Crippen LogP contribution in [0.25, 0.3) is 0 Å². The third-order valence-electron chi connectivity index (χ3n) is 5.49. The first-order valence-corrected chi connectivity index (χ1v) is 9.38. The lowest BCUT2D eigenvalue weighted by atomic mass is 9.81. The second kappa shape index (κ2) is 8.68. The van der Waals surface area contributed by atoms with E-state index in [0.717, 1.165) is 64.4 Å². The number of ether oxygens (including phenoxy) is 2. The van der Waals surface area contributed by atoms with E-state index in [1.807, 2.05) is 18.0 Å². The molecule has 0 saturated carbocycles. The first-order valence-electron chi connectivity index (χ1n) is 9.38. The van der Waals surface area contributed by atoms with E-state index in [4.69, 9.17) is 9.47 Å². The molecule has 138 valence electrons. The van der Waals surface area contributed by atoms with Crippen molar-refractivity contribution in [3.8, 4) is 5.75 Å². The van der Waals surface area contributed by atoms with Crippen LogP contribution in [0.3, 0.4) is 0 Å². The second-order valence-electron chi connectivity index (χ2n) is 7.13. The number of hydrogen-bond donors (Lipinski definition) is 0. The SMILES string of the molecule is COc1ccc2c(c1)CCC[C@H]2CC(=O)N(C)CCN1CCOCC1. The zero-order valence-electron chi connectivity index (χ0n) is 15.5. The zero-order chi connectivity index (χ0) is 17.6. The number of aryl methyl sites for hydroxylation is 1. The topological polar surface area (TPSA) is 42.0 Å². The molecule has 0 aromatic heterocycles. The first kappa shape index (κ1) is 18.2. The van der Waals surface area contributed by atoms with Gasteiger partial charge < -0.3 is 14.4 Å². The van der Waals surface area contributed by atoms with Gasteiger partial charge in [0.25, 0.3) is 0 Å². The first-order chi connectivity index (χ1) is 12.2. The Morgan fingerprint density at radius 3 is 2.92 bits per heavy atom. The molecule has 5 heteroatoms. The molecule has 0 spiro atoms. The van der Waals surface area contributed by atoms with Crippen molar-refractivity contribution < 1.29 is 14.3 Å². The minimum absolute atomic E-state index is 0.252. The Labute approximate surface area is 150 Å². The van der Waals surface area contributed by atoms with Crippen molar-refractivity contribution in [1.29, 1.82) is 0 Å². The molecule has 1 fully saturated rings. The van der Waals surface area contributed by atoms with Crippen LogP contribution in [0.15, 0.2) is 18.2 Å². The van der Waals surface area contributed by atoms with Crippen LogP contribution in [0.5, 0.6) is 5.75 Å². The molecule has 1 aromatic rings. The number of methoxy groups -OCH3 is 1. The maximum absolute atomic E-state index is 12.7. The van der Waals surface area contributed by atoms with E-state index in [9.17, 15) is 4.79 Å². The van der Waals surface area contributed by atoms with E-state index in [2.05, 4.69) is 17.0 Å². The second-order valence-corrected chi connectivity index (χ2v) is 7.13. The predicted octanol–water partition coefficient (Wildman–Crippen LogP) is 2.30. The van der Waals surface area contributed by atoms with E-state index in [0.29, 0.717) is 12.3 Å². The van der Waals surface area contributed by atoms with Crippen LogP contribution in [-0.2, 0) is 16.0 Å². The molecule has 0 radical (unpaired) electrons. The average Bonchev–Trinajstić information content (AvgIpc) is 2.66. The summed E-state index contributed by atoms with van der Waals surface area (Å²) in [6, 6.07) is 6.30. The third-order valence-corrected chi connectivity index (χ3v) is 5.49. The van der Waals surface area contributed by atoms with Gasteiger partial charge in [-0.15, -0.1) is 0 Å². The molecule has 0 unspecified atom stereocenters. The average molecular weight is 346 g/mol. The fourth-order valence-electron chi connectivity index (χ4n) is 3.84. The van der Waals surface area contributed by atoms with Gasteiger partial charge in [0, 0.05) is 39.6 Å². The van der Waals surface area contributed by atoms with Gasteiger partial charge in [-0.05, 0) is 48.4 Å². The third kappa shape index (κ3) is 4.73. The Morgan fingerprint density at radius 2 is 2.16 bits per heavy atom. The van der Waals surface area contributed by atoms with Gasteiger partial charge in [-0.3, -0.25) is 9.69 Å². The Morgan fingerprint density at radius 1 is 1.36 bits per heavy atom. The summed E-state index contributed by atoms with van der Waals surface area (Å²) in [6.45, 7) is 5.28. The normalized spacial score (nSPS) is 20.8. The summed E-state index contributed by atoms with van der Waals surface area (Å²) in [5.74, 6) is 1.50. The van der Waals surface area contributed by atoms with Gasteiger partial charge in [0.2, 0.25) is 5.91 Å². The summed E-state index contributed by atoms with van der Waals surface area (Å²) in [7, 11) is 3.63. The van der Waals surface area contributed by atoms with Crippen molar-refractivity contribution in [3.63, 3.8) is 0 Å². The van der Waals surface area contributed by atoms with E-state index in [1.165, 1.54) is 11.1 Å². The number of nitrogens with zero attached hydrogens (tertiary/aromatic N) is 2. The number of likely N-dealkylation sites (N-methyl/N-ethyl adjacent to an activating group) is 1. The van der Waals surface area contributed by atoms with Crippen molar-refractivity contribution >= 4 is 5.91 Å². The maximum atomic E-state index is 12.7. The fourth-order valence-corrected chi connectivity index (χ4v) is 3.84. The highest BCUT2D eigenvalue weighted by molar-refractivity contribution is 5.77. The predicted molar refractivity (Wildman–Crippen MR) is 98.2 cm³/mol. The van der Waals surface area contributed by atoms with Gasteiger partial charge in [0.05, 0.1) is 20.3 Å². The van der Waals surface area contributed by atoms with Crippen LogP contribution in [-0.4, -0.2) is 69.3 Å². The Balaban J connectivity index is 1.54. The molecule has 5 nitrogen and oxygen atoms in total. The quantitative estimate of drug-likeness (QED) is 0.793. The van der Waals surface area contributed by atoms with E-state index < -0.39 is 0 Å². The number of carbonyl (C=O) groups excluding carboxylic acids is 1. The Hall–Kier alpha value is -1.59. The van der Waals surface area contributed by atoms with Crippen LogP contribution in [0, 0.1) is 0 Å². The van der Waals surface area contributed by atoms with E-state index in [-0.39, 0.29) is 5.91 Å². The number of rotatable bonds is 6. The van der Waals surface area contributed by atoms with Gasteiger partial charge in [0.1, 0.15) is 5.75 Å². The van der Waals surface area contributed by atoms with Gasteiger partial charge in [-0.1, -0.05) is 6.07 Å². The minimum atomic E-state index is 0.252. The molecule has 3 rings (SSSR count). The number of morpholine rings is 1. The molecule has 1 atom stereocenters. The monoisotopic (exact) mass is 346 g/mol. The van der Waals surface area contributed by atoms with Crippen LogP contribution in [0.1, 0.15) is 36.3 Å². The molecule has 25 heavy (non-hydrogen) atoms. The molecule has 1 amide bonds. The van der Waals surface area contributed by atoms with Crippen molar-refractivity contribution in [2.45, 2.75) is 31.6 Å². The van der Waals surface area contributed by atoms with Crippen LogP contribution >= 0.6 is 0 Å². The lowest BCUT2D eigenvalue weighted by Crippen LogP contribution is -2.42. The fraction of sp³-hybridized carbons (Fsp3) is 0.650. The standard InChI is InChI=1S/C20H30N2O3/c1-21(8-9-22-10-12-25-13-11-22)20(23)15-17-5-3-4-16-14-18(24-2)6-7-19(16)17/h6-7,14,17H,3-5,8-13,15H2,1-2H3/t17-/m0/s1. The molecular weight excluding hydrogens is 316 g/mol. The molecule has 1 aromatic carbocycles. The number of fused-ring (bicyclic) bond motifs is 1.